The first-order valence-corrected chi connectivity index (χ1v) is 10.3. The molecule has 0 spiro atoms. The predicted octanol–water partition coefficient (Wildman–Crippen LogP) is 4.55. The van der Waals surface area contributed by atoms with Crippen molar-refractivity contribution in [3.05, 3.63) is 83.7 Å². The summed E-state index contributed by atoms with van der Waals surface area (Å²) in [5, 5.41) is 0. The standard InChI is InChI=1S/C22H22FNO4S/c1-16-7-9-17(10-8-16)15-24(19-12-20(27-2)14-21(13-19)28-3)29(25,26)22-6-4-5-18(23)11-22/h4-14H,15H2,1-3H3. The van der Waals surface area contributed by atoms with Crippen LogP contribution in [0.5, 0.6) is 11.5 Å². The molecule has 0 heterocycles. The Morgan fingerprint density at radius 3 is 2.07 bits per heavy atom. The number of anilines is 1. The van der Waals surface area contributed by atoms with Gasteiger partial charge in [0.2, 0.25) is 0 Å². The van der Waals surface area contributed by atoms with Crippen LogP contribution in [-0.2, 0) is 16.6 Å². The summed E-state index contributed by atoms with van der Waals surface area (Å²) in [4.78, 5) is -0.133. The largest absolute Gasteiger partial charge is 0.497 e. The Kier molecular flexibility index (Phi) is 6.08. The molecule has 3 aromatic rings. The fourth-order valence-electron chi connectivity index (χ4n) is 2.87. The molecule has 0 fully saturated rings. The van der Waals surface area contributed by atoms with Crippen LogP contribution in [0.15, 0.2) is 71.6 Å². The van der Waals surface area contributed by atoms with E-state index in [4.69, 9.17) is 9.47 Å². The molecule has 7 heteroatoms. The maximum Gasteiger partial charge on any atom is 0.264 e. The lowest BCUT2D eigenvalue weighted by Gasteiger charge is -2.25. The molecule has 3 rings (SSSR count). The maximum absolute atomic E-state index is 13.7. The molecule has 0 aliphatic carbocycles. The van der Waals surface area contributed by atoms with Gasteiger partial charge in [0.1, 0.15) is 17.3 Å². The Balaban J connectivity index is 2.15. The van der Waals surface area contributed by atoms with Crippen LogP contribution in [0.25, 0.3) is 0 Å². The van der Waals surface area contributed by atoms with Gasteiger partial charge in [-0.15, -0.1) is 0 Å². The second kappa shape index (κ2) is 8.53. The second-order valence-electron chi connectivity index (χ2n) is 6.53. The Morgan fingerprint density at radius 2 is 1.52 bits per heavy atom. The molecule has 0 N–H and O–H groups in total. The van der Waals surface area contributed by atoms with Crippen molar-refractivity contribution < 1.29 is 22.3 Å². The van der Waals surface area contributed by atoms with Crippen LogP contribution in [0.1, 0.15) is 11.1 Å². The van der Waals surface area contributed by atoms with Crippen LogP contribution in [0.4, 0.5) is 10.1 Å². The highest BCUT2D eigenvalue weighted by molar-refractivity contribution is 7.92. The highest BCUT2D eigenvalue weighted by Gasteiger charge is 2.26. The number of methoxy groups -OCH3 is 2. The third-order valence-electron chi connectivity index (χ3n) is 4.46. The summed E-state index contributed by atoms with van der Waals surface area (Å²) in [6.45, 7) is 2.02. The Labute approximate surface area is 170 Å². The summed E-state index contributed by atoms with van der Waals surface area (Å²) in [7, 11) is -1.07. The molecule has 0 aliphatic heterocycles. The number of halogens is 1. The molecule has 0 saturated heterocycles. The van der Waals surface area contributed by atoms with Gasteiger partial charge < -0.3 is 9.47 Å². The molecule has 0 bridgehead atoms. The van der Waals surface area contributed by atoms with E-state index in [0.717, 1.165) is 17.2 Å². The minimum atomic E-state index is -4.05. The highest BCUT2D eigenvalue weighted by Crippen LogP contribution is 2.33. The van der Waals surface area contributed by atoms with Gasteiger partial charge in [-0.1, -0.05) is 35.9 Å². The van der Waals surface area contributed by atoms with Gasteiger partial charge in [-0.05, 0) is 30.7 Å². The van der Waals surface area contributed by atoms with Gasteiger partial charge in [-0.2, -0.15) is 0 Å². The second-order valence-corrected chi connectivity index (χ2v) is 8.39. The molecule has 0 aliphatic rings. The van der Waals surface area contributed by atoms with Gasteiger partial charge >= 0.3 is 0 Å². The third kappa shape index (κ3) is 4.68. The Morgan fingerprint density at radius 1 is 0.897 bits per heavy atom. The number of rotatable bonds is 7. The van der Waals surface area contributed by atoms with Crippen molar-refractivity contribution in [3.8, 4) is 11.5 Å². The van der Waals surface area contributed by atoms with Crippen LogP contribution in [-0.4, -0.2) is 22.6 Å². The molecule has 29 heavy (non-hydrogen) atoms. The third-order valence-corrected chi connectivity index (χ3v) is 6.22. The lowest BCUT2D eigenvalue weighted by Crippen LogP contribution is -2.30. The van der Waals surface area contributed by atoms with Crippen LogP contribution in [0, 0.1) is 12.7 Å². The number of nitrogens with zero attached hydrogens (tertiary/aromatic N) is 1. The monoisotopic (exact) mass is 415 g/mol. The van der Waals surface area contributed by atoms with Crippen molar-refractivity contribution in [2.24, 2.45) is 0 Å². The molecule has 0 unspecified atom stereocenters. The quantitative estimate of drug-likeness (QED) is 0.568. The first kappa shape index (κ1) is 20.7. The summed E-state index contributed by atoms with van der Waals surface area (Å²) in [6, 6.07) is 17.4. The van der Waals surface area contributed by atoms with E-state index in [-0.39, 0.29) is 11.4 Å². The van der Waals surface area contributed by atoms with E-state index in [1.807, 2.05) is 31.2 Å². The number of hydrogen-bond donors (Lipinski definition) is 0. The van der Waals surface area contributed by atoms with Crippen molar-refractivity contribution in [3.63, 3.8) is 0 Å². The van der Waals surface area contributed by atoms with Gasteiger partial charge in [0, 0.05) is 18.2 Å². The number of ether oxygens (including phenoxy) is 2. The van der Waals surface area contributed by atoms with Crippen molar-refractivity contribution in [1.82, 2.24) is 0 Å². The van der Waals surface area contributed by atoms with Crippen molar-refractivity contribution in [2.75, 3.05) is 18.5 Å². The summed E-state index contributed by atoms with van der Waals surface area (Å²) >= 11 is 0. The minimum absolute atomic E-state index is 0.0649. The van der Waals surface area contributed by atoms with Crippen LogP contribution in [0.3, 0.4) is 0 Å². The first-order chi connectivity index (χ1) is 13.8. The van der Waals surface area contributed by atoms with E-state index < -0.39 is 15.8 Å². The fourth-order valence-corrected chi connectivity index (χ4v) is 4.33. The Bertz CT molecular complexity index is 1080. The SMILES string of the molecule is COc1cc(OC)cc(N(Cc2ccc(C)cc2)S(=O)(=O)c2cccc(F)c2)c1. The molecule has 5 nitrogen and oxygen atoms in total. The molecule has 0 amide bonds. The predicted molar refractivity (Wildman–Crippen MR) is 110 cm³/mol. The molecular weight excluding hydrogens is 393 g/mol. The number of hydrogen-bond acceptors (Lipinski definition) is 4. The smallest absolute Gasteiger partial charge is 0.264 e. The molecule has 0 aromatic heterocycles. The van der Waals surface area contributed by atoms with Gasteiger partial charge in [0.05, 0.1) is 31.3 Å². The number of benzene rings is 3. The average Bonchev–Trinajstić information content (AvgIpc) is 2.72. The Hall–Kier alpha value is -3.06. The lowest BCUT2D eigenvalue weighted by molar-refractivity contribution is 0.394. The van der Waals surface area contributed by atoms with Gasteiger partial charge in [-0.3, -0.25) is 4.31 Å². The zero-order valence-electron chi connectivity index (χ0n) is 16.4. The van der Waals surface area contributed by atoms with Crippen molar-refractivity contribution in [1.29, 1.82) is 0 Å². The zero-order valence-corrected chi connectivity index (χ0v) is 17.2. The summed E-state index contributed by atoms with van der Waals surface area (Å²) in [5.41, 5.74) is 2.21. The minimum Gasteiger partial charge on any atom is -0.497 e. The van der Waals surface area contributed by atoms with Gasteiger partial charge in [0.15, 0.2) is 0 Å². The number of aryl methyl sites for hydroxylation is 1. The zero-order chi connectivity index (χ0) is 21.0. The van der Waals surface area contributed by atoms with E-state index in [0.29, 0.717) is 17.2 Å². The maximum atomic E-state index is 13.7. The molecule has 0 radical (unpaired) electrons. The van der Waals surface area contributed by atoms with E-state index >= 15 is 0 Å². The molecule has 152 valence electrons. The van der Waals surface area contributed by atoms with Crippen molar-refractivity contribution in [2.45, 2.75) is 18.4 Å². The number of sulfonamides is 1. The van der Waals surface area contributed by atoms with Crippen molar-refractivity contribution >= 4 is 15.7 Å². The fraction of sp³-hybridized carbons (Fsp3) is 0.182. The average molecular weight is 415 g/mol. The normalized spacial score (nSPS) is 11.2. The van der Waals surface area contributed by atoms with E-state index in [1.165, 1.54) is 36.7 Å². The topological polar surface area (TPSA) is 55.8 Å². The summed E-state index contributed by atoms with van der Waals surface area (Å²) < 4.78 is 52.4. The molecule has 0 atom stereocenters. The highest BCUT2D eigenvalue weighted by atomic mass is 32.2. The molecular formula is C22H22FNO4S. The van der Waals surface area contributed by atoms with Crippen LogP contribution < -0.4 is 13.8 Å². The van der Waals surface area contributed by atoms with Gasteiger partial charge in [0.25, 0.3) is 10.0 Å². The lowest BCUT2D eigenvalue weighted by atomic mass is 10.1. The van der Waals surface area contributed by atoms with E-state index in [9.17, 15) is 12.8 Å². The molecule has 3 aromatic carbocycles. The summed E-state index contributed by atoms with van der Waals surface area (Å²) in [6.07, 6.45) is 0. The van der Waals surface area contributed by atoms with Crippen LogP contribution >= 0.6 is 0 Å². The first-order valence-electron chi connectivity index (χ1n) is 8.90. The van der Waals surface area contributed by atoms with E-state index in [1.54, 1.807) is 18.2 Å². The van der Waals surface area contributed by atoms with E-state index in [2.05, 4.69) is 0 Å². The van der Waals surface area contributed by atoms with Gasteiger partial charge in [-0.25, -0.2) is 12.8 Å². The molecule has 0 saturated carbocycles. The summed E-state index contributed by atoms with van der Waals surface area (Å²) in [5.74, 6) is 0.273. The van der Waals surface area contributed by atoms with Crippen LogP contribution in [0.2, 0.25) is 0 Å².